The predicted molar refractivity (Wildman–Crippen MR) is 137 cm³/mol. The number of thioether (sulfide) groups is 1. The number of aryl methyl sites for hydroxylation is 4. The molecule has 1 aromatic carbocycles. The van der Waals surface area contributed by atoms with Crippen LogP contribution in [-0.2, 0) is 23.4 Å². The number of nitrogens with one attached hydrogen (secondary N) is 1. The Morgan fingerprint density at radius 3 is 2.91 bits per heavy atom. The number of nitrogens with zero attached hydrogens (tertiary/aromatic N) is 2. The minimum absolute atomic E-state index is 0.000578. The minimum Gasteiger partial charge on any atom is -0.336 e. The molecule has 3 aromatic rings. The van der Waals surface area contributed by atoms with E-state index >= 15 is 0 Å². The molecule has 1 N–H and O–H groups in total. The molecular formula is C26H31N3O2S2. The smallest absolute Gasteiger partial charge is 0.259 e. The van der Waals surface area contributed by atoms with E-state index in [0.717, 1.165) is 60.4 Å². The molecule has 2 aromatic heterocycles. The molecule has 1 aliphatic carbocycles. The summed E-state index contributed by atoms with van der Waals surface area (Å²) in [6.07, 6.45) is 7.05. The molecule has 7 heteroatoms. The SMILES string of the molecule is Cc1ccc(C2CCCN2C(=O)CCSCc2nc3sc4c(c3c(=O)[nH]2)CCCC4)cc1C. The van der Waals surface area contributed by atoms with Gasteiger partial charge < -0.3 is 9.88 Å². The average Bonchev–Trinajstić information content (AvgIpc) is 3.43. The maximum absolute atomic E-state index is 13.0. The van der Waals surface area contributed by atoms with Crippen molar-refractivity contribution < 1.29 is 4.79 Å². The van der Waals surface area contributed by atoms with E-state index in [4.69, 9.17) is 4.98 Å². The molecule has 1 saturated heterocycles. The van der Waals surface area contributed by atoms with E-state index in [-0.39, 0.29) is 17.5 Å². The largest absolute Gasteiger partial charge is 0.336 e. The van der Waals surface area contributed by atoms with Gasteiger partial charge in [-0.15, -0.1) is 11.3 Å². The molecular weight excluding hydrogens is 450 g/mol. The molecule has 1 unspecified atom stereocenters. The Labute approximate surface area is 203 Å². The lowest BCUT2D eigenvalue weighted by atomic mass is 9.97. The highest BCUT2D eigenvalue weighted by molar-refractivity contribution is 7.98. The third-order valence-corrected chi connectivity index (χ3v) is 9.22. The highest BCUT2D eigenvalue weighted by Crippen LogP contribution is 2.35. The molecule has 33 heavy (non-hydrogen) atoms. The van der Waals surface area contributed by atoms with Crippen LogP contribution in [0.5, 0.6) is 0 Å². The average molecular weight is 482 g/mol. The normalized spacial score (nSPS) is 18.1. The van der Waals surface area contributed by atoms with Crippen molar-refractivity contribution in [2.24, 2.45) is 0 Å². The van der Waals surface area contributed by atoms with Crippen molar-refractivity contribution in [2.45, 2.75) is 70.6 Å². The number of aromatic amines is 1. The lowest BCUT2D eigenvalue weighted by Gasteiger charge is -2.25. The van der Waals surface area contributed by atoms with E-state index in [0.29, 0.717) is 12.2 Å². The van der Waals surface area contributed by atoms with E-state index in [1.807, 2.05) is 0 Å². The number of thiophene rings is 1. The zero-order valence-corrected chi connectivity index (χ0v) is 21.0. The monoisotopic (exact) mass is 481 g/mol. The summed E-state index contributed by atoms with van der Waals surface area (Å²) in [6, 6.07) is 6.78. The first-order valence-electron chi connectivity index (χ1n) is 12.0. The Kier molecular flexibility index (Phi) is 6.61. The zero-order valence-electron chi connectivity index (χ0n) is 19.4. The minimum atomic E-state index is -0.000578. The van der Waals surface area contributed by atoms with Crippen LogP contribution in [0.3, 0.4) is 0 Å². The van der Waals surface area contributed by atoms with Gasteiger partial charge >= 0.3 is 0 Å². The molecule has 0 saturated carbocycles. The first-order chi connectivity index (χ1) is 16.0. The van der Waals surface area contributed by atoms with Gasteiger partial charge in [-0.25, -0.2) is 4.98 Å². The second kappa shape index (κ2) is 9.63. The molecule has 1 amide bonds. The van der Waals surface area contributed by atoms with Gasteiger partial charge in [-0.3, -0.25) is 9.59 Å². The number of hydrogen-bond acceptors (Lipinski definition) is 5. The molecule has 174 valence electrons. The van der Waals surface area contributed by atoms with Crippen LogP contribution in [0.2, 0.25) is 0 Å². The van der Waals surface area contributed by atoms with Gasteiger partial charge in [0.25, 0.3) is 5.56 Å². The van der Waals surface area contributed by atoms with Crippen molar-refractivity contribution in [2.75, 3.05) is 12.3 Å². The van der Waals surface area contributed by atoms with E-state index in [1.165, 1.54) is 33.6 Å². The Bertz CT molecular complexity index is 1250. The summed E-state index contributed by atoms with van der Waals surface area (Å²) in [5.74, 6) is 2.31. The van der Waals surface area contributed by atoms with Crippen molar-refractivity contribution in [1.29, 1.82) is 0 Å². The Morgan fingerprint density at radius 1 is 1.21 bits per heavy atom. The molecule has 0 bridgehead atoms. The van der Waals surface area contributed by atoms with Crippen LogP contribution in [0.4, 0.5) is 0 Å². The number of fused-ring (bicyclic) bond motifs is 3. The van der Waals surface area contributed by atoms with Gasteiger partial charge in [-0.05, 0) is 74.6 Å². The van der Waals surface area contributed by atoms with Crippen LogP contribution >= 0.6 is 23.1 Å². The highest BCUT2D eigenvalue weighted by atomic mass is 32.2. The number of carbonyl (C=O) groups excluding carboxylic acids is 1. The van der Waals surface area contributed by atoms with Crippen LogP contribution in [0.15, 0.2) is 23.0 Å². The Balaban J connectivity index is 1.18. The third kappa shape index (κ3) is 4.62. The van der Waals surface area contributed by atoms with Crippen molar-refractivity contribution in [1.82, 2.24) is 14.9 Å². The number of amides is 1. The fourth-order valence-corrected chi connectivity index (χ4v) is 7.21. The Hall–Kier alpha value is -2.12. The van der Waals surface area contributed by atoms with Crippen molar-refractivity contribution in [3.8, 4) is 0 Å². The van der Waals surface area contributed by atoms with Crippen LogP contribution in [0.25, 0.3) is 10.2 Å². The highest BCUT2D eigenvalue weighted by Gasteiger charge is 2.29. The van der Waals surface area contributed by atoms with Crippen LogP contribution in [0, 0.1) is 13.8 Å². The van der Waals surface area contributed by atoms with E-state index in [9.17, 15) is 9.59 Å². The summed E-state index contributed by atoms with van der Waals surface area (Å²) < 4.78 is 0. The van der Waals surface area contributed by atoms with E-state index in [1.54, 1.807) is 23.1 Å². The number of H-pyrrole nitrogens is 1. The molecule has 2 aliphatic rings. The Morgan fingerprint density at radius 2 is 2.06 bits per heavy atom. The van der Waals surface area contributed by atoms with Crippen LogP contribution in [-0.4, -0.2) is 33.1 Å². The number of hydrogen-bond donors (Lipinski definition) is 1. The maximum atomic E-state index is 13.0. The summed E-state index contributed by atoms with van der Waals surface area (Å²) in [5, 5.41) is 0.810. The molecule has 1 aliphatic heterocycles. The van der Waals surface area contributed by atoms with Crippen molar-refractivity contribution in [3.63, 3.8) is 0 Å². The molecule has 0 spiro atoms. The number of carbonyl (C=O) groups is 1. The lowest BCUT2D eigenvalue weighted by Crippen LogP contribution is -2.30. The molecule has 5 rings (SSSR count). The summed E-state index contributed by atoms with van der Waals surface area (Å²) in [4.78, 5) is 37.7. The molecule has 3 heterocycles. The van der Waals surface area contributed by atoms with Crippen molar-refractivity contribution in [3.05, 3.63) is 61.5 Å². The summed E-state index contributed by atoms with van der Waals surface area (Å²) in [7, 11) is 0. The second-order valence-corrected chi connectivity index (χ2v) is 11.5. The molecule has 1 atom stereocenters. The van der Waals surface area contributed by atoms with Gasteiger partial charge in [-0.2, -0.15) is 11.8 Å². The number of rotatable bonds is 6. The van der Waals surface area contributed by atoms with Crippen LogP contribution < -0.4 is 5.56 Å². The van der Waals surface area contributed by atoms with Crippen LogP contribution in [0.1, 0.15) is 71.1 Å². The summed E-state index contributed by atoms with van der Waals surface area (Å²) in [6.45, 7) is 5.10. The number of benzene rings is 1. The fraction of sp³-hybridized carbons (Fsp3) is 0.500. The van der Waals surface area contributed by atoms with Gasteiger partial charge in [0.1, 0.15) is 10.7 Å². The standard InChI is InChI=1S/C26H31N3O2S2/c1-16-9-10-18(14-17(16)2)20-7-5-12-29(20)23(30)11-13-32-15-22-27-25(31)24-19-6-3-4-8-21(19)33-26(24)28-22/h9-10,14,20H,3-8,11-13,15H2,1-2H3,(H,27,28,31). The third-order valence-electron chi connectivity index (χ3n) is 7.06. The molecule has 0 radical (unpaired) electrons. The van der Waals surface area contributed by atoms with Gasteiger partial charge in [0.15, 0.2) is 0 Å². The first-order valence-corrected chi connectivity index (χ1v) is 14.0. The topological polar surface area (TPSA) is 66.1 Å². The maximum Gasteiger partial charge on any atom is 0.259 e. The summed E-state index contributed by atoms with van der Waals surface area (Å²) in [5.41, 5.74) is 5.06. The second-order valence-electron chi connectivity index (χ2n) is 9.30. The van der Waals surface area contributed by atoms with E-state index in [2.05, 4.69) is 41.9 Å². The first kappa shape index (κ1) is 22.7. The quantitative estimate of drug-likeness (QED) is 0.474. The lowest BCUT2D eigenvalue weighted by molar-refractivity contribution is -0.131. The van der Waals surface area contributed by atoms with Gasteiger partial charge in [0.05, 0.1) is 17.2 Å². The predicted octanol–water partition coefficient (Wildman–Crippen LogP) is 5.47. The molecule has 5 nitrogen and oxygen atoms in total. The van der Waals surface area contributed by atoms with Gasteiger partial charge in [-0.1, -0.05) is 18.2 Å². The zero-order chi connectivity index (χ0) is 22.9. The van der Waals surface area contributed by atoms with Gasteiger partial charge in [0, 0.05) is 23.6 Å². The van der Waals surface area contributed by atoms with E-state index < -0.39 is 0 Å². The van der Waals surface area contributed by atoms with Gasteiger partial charge in [0.2, 0.25) is 5.91 Å². The van der Waals surface area contributed by atoms with Crippen molar-refractivity contribution >= 4 is 39.2 Å². The fourth-order valence-electron chi connectivity index (χ4n) is 5.13. The number of aromatic nitrogens is 2. The molecule has 1 fully saturated rings. The summed E-state index contributed by atoms with van der Waals surface area (Å²) >= 11 is 3.36. The number of likely N-dealkylation sites (tertiary alicyclic amines) is 1.